The Morgan fingerprint density at radius 3 is 2.85 bits per heavy atom. The molecule has 0 amide bonds. The number of aromatic nitrogens is 4. The minimum atomic E-state index is 0.418. The summed E-state index contributed by atoms with van der Waals surface area (Å²) in [4.78, 5) is 14.0. The molecule has 0 radical (unpaired) electrons. The number of nitrogens with one attached hydrogen (secondary N) is 2. The van der Waals surface area contributed by atoms with E-state index in [1.807, 2.05) is 6.26 Å². The van der Waals surface area contributed by atoms with Crippen molar-refractivity contribution in [1.29, 1.82) is 0 Å². The average molecular weight is 213 g/mol. The normalized spacial score (nSPS) is 10.8. The molecule has 0 unspecified atom stereocenters. The van der Waals surface area contributed by atoms with Crippen LogP contribution in [0.4, 0.5) is 5.82 Å². The highest BCUT2D eigenvalue weighted by Gasteiger charge is 2.05. The van der Waals surface area contributed by atoms with E-state index >= 15 is 0 Å². The van der Waals surface area contributed by atoms with Gasteiger partial charge in [0.2, 0.25) is 0 Å². The summed E-state index contributed by atoms with van der Waals surface area (Å²) < 4.78 is 0.509. The predicted octanol–water partition coefficient (Wildman–Crippen LogP) is 1.32. The number of fused-ring (bicyclic) bond motifs is 1. The number of nitrogens with zero attached hydrogens (tertiary/aromatic N) is 2. The number of rotatable bonds is 1. The fourth-order valence-electron chi connectivity index (χ4n) is 1.01. The number of nitrogens with two attached hydrogens (primary N) is 1. The molecule has 2 aromatic heterocycles. The summed E-state index contributed by atoms with van der Waals surface area (Å²) in [5.41, 5.74) is 7.01. The van der Waals surface area contributed by atoms with Crippen molar-refractivity contribution in [2.24, 2.45) is 0 Å². The molecule has 2 aromatic rings. The van der Waals surface area contributed by atoms with Crippen LogP contribution in [0.5, 0.6) is 0 Å². The Balaban J connectivity index is 2.83. The lowest BCUT2D eigenvalue weighted by Crippen LogP contribution is -1.95. The van der Waals surface area contributed by atoms with Crippen molar-refractivity contribution < 1.29 is 0 Å². The van der Waals surface area contributed by atoms with Crippen molar-refractivity contribution in [3.05, 3.63) is 4.77 Å². The molecule has 0 fully saturated rings. The van der Waals surface area contributed by atoms with Gasteiger partial charge in [0.25, 0.3) is 0 Å². The van der Waals surface area contributed by atoms with Gasteiger partial charge < -0.3 is 15.7 Å². The second-order valence-electron chi connectivity index (χ2n) is 2.40. The highest BCUT2D eigenvalue weighted by Crippen LogP contribution is 2.17. The quantitative estimate of drug-likeness (QED) is 0.378. The molecule has 0 aliphatic carbocycles. The SMILES string of the molecule is CSc1nc(N)c2[nH]c(=S)[nH]c2n1. The number of hydrogen-bond donors (Lipinski definition) is 3. The second kappa shape index (κ2) is 3.00. The predicted molar refractivity (Wildman–Crippen MR) is 55.3 cm³/mol. The lowest BCUT2D eigenvalue weighted by atomic mass is 10.5. The van der Waals surface area contributed by atoms with Crippen LogP contribution >= 0.6 is 24.0 Å². The fourth-order valence-corrected chi connectivity index (χ4v) is 1.59. The van der Waals surface area contributed by atoms with Crippen molar-refractivity contribution in [2.75, 3.05) is 12.0 Å². The molecule has 5 nitrogen and oxygen atoms in total. The zero-order valence-corrected chi connectivity index (χ0v) is 8.42. The van der Waals surface area contributed by atoms with Crippen molar-refractivity contribution in [3.63, 3.8) is 0 Å². The van der Waals surface area contributed by atoms with Gasteiger partial charge in [-0.1, -0.05) is 11.8 Å². The number of thioether (sulfide) groups is 1. The van der Waals surface area contributed by atoms with Crippen molar-refractivity contribution >= 4 is 41.0 Å². The summed E-state index contributed by atoms with van der Waals surface area (Å²) >= 11 is 6.35. The molecular weight excluding hydrogens is 206 g/mol. The molecule has 68 valence electrons. The average Bonchev–Trinajstić information content (AvgIpc) is 2.46. The monoisotopic (exact) mass is 213 g/mol. The zero-order valence-electron chi connectivity index (χ0n) is 6.79. The van der Waals surface area contributed by atoms with Crippen LogP contribution in [0.25, 0.3) is 11.2 Å². The number of hydrogen-bond acceptors (Lipinski definition) is 5. The Bertz CT molecular complexity index is 499. The summed E-state index contributed by atoms with van der Waals surface area (Å²) in [6, 6.07) is 0. The highest BCUT2D eigenvalue weighted by atomic mass is 32.2. The Hall–Kier alpha value is -1.08. The van der Waals surface area contributed by atoms with Crippen molar-refractivity contribution in [1.82, 2.24) is 19.9 Å². The third-order valence-electron chi connectivity index (χ3n) is 1.57. The third kappa shape index (κ3) is 1.40. The molecule has 0 aliphatic rings. The maximum Gasteiger partial charge on any atom is 0.191 e. The van der Waals surface area contributed by atoms with E-state index in [4.69, 9.17) is 18.0 Å². The van der Waals surface area contributed by atoms with Gasteiger partial charge >= 0.3 is 0 Å². The largest absolute Gasteiger partial charge is 0.382 e. The Morgan fingerprint density at radius 1 is 1.38 bits per heavy atom. The summed E-state index contributed by atoms with van der Waals surface area (Å²) in [6.07, 6.45) is 1.89. The number of aromatic amines is 2. The lowest BCUT2D eigenvalue weighted by molar-refractivity contribution is 1.00. The molecule has 0 saturated heterocycles. The number of nitrogen functional groups attached to an aromatic ring is 1. The van der Waals surface area contributed by atoms with Crippen LogP contribution < -0.4 is 5.73 Å². The minimum absolute atomic E-state index is 0.418. The lowest BCUT2D eigenvalue weighted by Gasteiger charge is -1.97. The van der Waals surface area contributed by atoms with E-state index in [9.17, 15) is 0 Å². The summed E-state index contributed by atoms with van der Waals surface area (Å²) in [7, 11) is 0. The molecular formula is C6H7N5S2. The van der Waals surface area contributed by atoms with E-state index < -0.39 is 0 Å². The smallest absolute Gasteiger partial charge is 0.191 e. The first-order valence-corrected chi connectivity index (χ1v) is 5.13. The molecule has 0 atom stereocenters. The van der Waals surface area contributed by atoms with Gasteiger partial charge in [0.1, 0.15) is 5.52 Å². The molecule has 0 aliphatic heterocycles. The molecule has 0 spiro atoms. The molecule has 4 N–H and O–H groups in total. The van der Waals surface area contributed by atoms with Crippen LogP contribution in [0.2, 0.25) is 0 Å². The van der Waals surface area contributed by atoms with Crippen LogP contribution in [0.1, 0.15) is 0 Å². The van der Waals surface area contributed by atoms with E-state index in [1.165, 1.54) is 11.8 Å². The zero-order chi connectivity index (χ0) is 9.42. The van der Waals surface area contributed by atoms with Gasteiger partial charge in [0.15, 0.2) is 21.4 Å². The number of imidazole rings is 1. The molecule has 13 heavy (non-hydrogen) atoms. The Labute approximate surface area is 83.2 Å². The van der Waals surface area contributed by atoms with Gasteiger partial charge in [-0.3, -0.25) is 0 Å². The minimum Gasteiger partial charge on any atom is -0.382 e. The molecule has 2 heterocycles. The van der Waals surface area contributed by atoms with Gasteiger partial charge in [-0.05, 0) is 18.5 Å². The molecule has 0 aromatic carbocycles. The Kier molecular flexibility index (Phi) is 1.97. The van der Waals surface area contributed by atoms with Gasteiger partial charge in [-0.15, -0.1) is 0 Å². The number of anilines is 1. The van der Waals surface area contributed by atoms with Gasteiger partial charge in [-0.2, -0.15) is 0 Å². The van der Waals surface area contributed by atoms with Crippen LogP contribution in [-0.2, 0) is 0 Å². The molecule has 0 saturated carbocycles. The maximum atomic E-state index is 5.68. The van der Waals surface area contributed by atoms with Crippen molar-refractivity contribution in [3.8, 4) is 0 Å². The first kappa shape index (κ1) is 8.52. The first-order valence-electron chi connectivity index (χ1n) is 3.50. The van der Waals surface area contributed by atoms with Gasteiger partial charge in [0, 0.05) is 0 Å². The standard InChI is InChI=1S/C6H7N5S2/c1-13-6-9-3(7)2-4(11-6)10-5(12)8-2/h1H3,(H4,7,8,9,10,11,12). The summed E-state index contributed by atoms with van der Waals surface area (Å²) in [5.74, 6) is 0.418. The van der Waals surface area contributed by atoms with Crippen LogP contribution in [0.15, 0.2) is 5.16 Å². The van der Waals surface area contributed by atoms with E-state index in [2.05, 4.69) is 19.9 Å². The first-order chi connectivity index (χ1) is 6.20. The van der Waals surface area contributed by atoms with E-state index in [-0.39, 0.29) is 0 Å². The molecule has 2 rings (SSSR count). The van der Waals surface area contributed by atoms with Crippen LogP contribution in [-0.4, -0.2) is 26.2 Å². The Morgan fingerprint density at radius 2 is 2.15 bits per heavy atom. The maximum absolute atomic E-state index is 5.68. The topological polar surface area (TPSA) is 83.4 Å². The van der Waals surface area contributed by atoms with Crippen molar-refractivity contribution in [2.45, 2.75) is 5.16 Å². The molecule has 0 bridgehead atoms. The van der Waals surface area contributed by atoms with E-state index in [0.717, 1.165) is 0 Å². The summed E-state index contributed by atoms with van der Waals surface area (Å²) in [5, 5.41) is 0.634. The van der Waals surface area contributed by atoms with Crippen LogP contribution in [0.3, 0.4) is 0 Å². The fraction of sp³-hybridized carbons (Fsp3) is 0.167. The van der Waals surface area contributed by atoms with E-state index in [1.54, 1.807) is 0 Å². The van der Waals surface area contributed by atoms with Gasteiger partial charge in [-0.25, -0.2) is 9.97 Å². The van der Waals surface area contributed by atoms with Gasteiger partial charge in [0.05, 0.1) is 0 Å². The summed E-state index contributed by atoms with van der Waals surface area (Å²) in [6.45, 7) is 0. The van der Waals surface area contributed by atoms with Crippen LogP contribution in [0, 0.1) is 4.77 Å². The number of H-pyrrole nitrogens is 2. The molecule has 7 heteroatoms. The highest BCUT2D eigenvalue weighted by molar-refractivity contribution is 7.98. The second-order valence-corrected chi connectivity index (χ2v) is 3.58. The van der Waals surface area contributed by atoms with E-state index in [0.29, 0.717) is 26.9 Å². The third-order valence-corrected chi connectivity index (χ3v) is 2.32.